The Bertz CT molecular complexity index is 510. The molecule has 102 valence electrons. The summed E-state index contributed by atoms with van der Waals surface area (Å²) in [6, 6.07) is 1.95. The molecule has 2 heterocycles. The van der Waals surface area contributed by atoms with Crippen molar-refractivity contribution in [1.29, 1.82) is 0 Å². The van der Waals surface area contributed by atoms with Crippen molar-refractivity contribution in [2.45, 2.75) is 56.6 Å². The van der Waals surface area contributed by atoms with Crippen LogP contribution in [0.2, 0.25) is 0 Å². The van der Waals surface area contributed by atoms with Crippen LogP contribution in [-0.2, 0) is 16.6 Å². The summed E-state index contributed by atoms with van der Waals surface area (Å²) in [7, 11) is -3.35. The lowest BCUT2D eigenvalue weighted by Crippen LogP contribution is -2.39. The van der Waals surface area contributed by atoms with Gasteiger partial charge in [-0.15, -0.1) is 11.3 Å². The zero-order valence-electron chi connectivity index (χ0n) is 10.8. The minimum Gasteiger partial charge on any atom is -0.326 e. The normalized spacial score (nSPS) is 25.7. The van der Waals surface area contributed by atoms with E-state index in [1.54, 1.807) is 15.8 Å². The van der Waals surface area contributed by atoms with Crippen molar-refractivity contribution in [2.24, 2.45) is 5.73 Å². The Labute approximate surface area is 113 Å². The molecule has 0 aliphatic carbocycles. The first-order valence-corrected chi connectivity index (χ1v) is 8.63. The Morgan fingerprint density at radius 2 is 2.22 bits per heavy atom. The van der Waals surface area contributed by atoms with Crippen LogP contribution in [-0.4, -0.2) is 24.8 Å². The summed E-state index contributed by atoms with van der Waals surface area (Å²) in [6.45, 7) is 4.43. The minimum absolute atomic E-state index is 0.0983. The predicted octanol–water partition coefficient (Wildman–Crippen LogP) is 2.16. The fourth-order valence-corrected chi connectivity index (χ4v) is 5.68. The van der Waals surface area contributed by atoms with E-state index in [9.17, 15) is 8.42 Å². The van der Waals surface area contributed by atoms with Gasteiger partial charge in [-0.05, 0) is 32.3 Å². The van der Waals surface area contributed by atoms with Gasteiger partial charge in [-0.1, -0.05) is 6.92 Å². The van der Waals surface area contributed by atoms with Crippen molar-refractivity contribution in [3.05, 3.63) is 16.3 Å². The lowest BCUT2D eigenvalue weighted by atomic mass is 10.2. The van der Waals surface area contributed by atoms with E-state index in [0.29, 0.717) is 11.4 Å². The van der Waals surface area contributed by atoms with Crippen molar-refractivity contribution in [3.8, 4) is 0 Å². The van der Waals surface area contributed by atoms with Gasteiger partial charge in [0, 0.05) is 28.9 Å². The van der Waals surface area contributed by atoms with E-state index in [1.165, 1.54) is 11.3 Å². The lowest BCUT2D eigenvalue weighted by Gasteiger charge is -2.26. The summed E-state index contributed by atoms with van der Waals surface area (Å²) in [5.74, 6) is 0. The molecule has 0 aromatic carbocycles. The summed E-state index contributed by atoms with van der Waals surface area (Å²) in [4.78, 5) is 1.31. The Morgan fingerprint density at radius 3 is 2.78 bits per heavy atom. The van der Waals surface area contributed by atoms with Gasteiger partial charge in [0.25, 0.3) is 0 Å². The average Bonchev–Trinajstić information content (AvgIpc) is 2.95. The molecule has 6 heteroatoms. The molecule has 2 rings (SSSR count). The van der Waals surface area contributed by atoms with Crippen LogP contribution in [0.1, 0.15) is 38.0 Å². The van der Waals surface area contributed by atoms with Crippen LogP contribution >= 0.6 is 11.3 Å². The number of nitrogens with two attached hydrogens (primary N) is 1. The van der Waals surface area contributed by atoms with Crippen molar-refractivity contribution >= 4 is 21.4 Å². The maximum absolute atomic E-state index is 12.6. The summed E-state index contributed by atoms with van der Waals surface area (Å²) in [5.41, 5.74) is 5.54. The largest absolute Gasteiger partial charge is 0.326 e. The summed E-state index contributed by atoms with van der Waals surface area (Å²) in [6.07, 6.45) is 2.79. The molecule has 2 N–H and O–H groups in total. The molecular formula is C12H20N2O2S2. The SMILES string of the molecule is CCC1CCC(C)N1S(=O)(=O)c1csc(CN)c1. The Morgan fingerprint density at radius 1 is 1.50 bits per heavy atom. The van der Waals surface area contributed by atoms with Gasteiger partial charge in [0.05, 0.1) is 4.90 Å². The van der Waals surface area contributed by atoms with E-state index in [1.807, 2.05) is 13.8 Å². The second kappa shape index (κ2) is 5.28. The molecule has 2 atom stereocenters. The molecule has 1 aliphatic rings. The third-order valence-electron chi connectivity index (χ3n) is 3.59. The lowest BCUT2D eigenvalue weighted by molar-refractivity contribution is 0.329. The number of sulfonamides is 1. The first-order valence-electron chi connectivity index (χ1n) is 6.31. The Kier molecular flexibility index (Phi) is 4.11. The molecular weight excluding hydrogens is 268 g/mol. The molecule has 1 aliphatic heterocycles. The predicted molar refractivity (Wildman–Crippen MR) is 74.0 cm³/mol. The highest BCUT2D eigenvalue weighted by atomic mass is 32.2. The average molecular weight is 288 g/mol. The molecule has 0 saturated carbocycles. The quantitative estimate of drug-likeness (QED) is 0.923. The first kappa shape index (κ1) is 14.0. The molecule has 1 saturated heterocycles. The van der Waals surface area contributed by atoms with Crippen LogP contribution in [0.5, 0.6) is 0 Å². The summed E-state index contributed by atoms with van der Waals surface area (Å²) in [5, 5.41) is 1.70. The Hall–Kier alpha value is -0.430. The standard InChI is InChI=1S/C12H20N2O2S2/c1-3-10-5-4-9(2)14(10)18(15,16)12-6-11(7-13)17-8-12/h6,8-10H,3-5,7,13H2,1-2H3. The number of thiophene rings is 1. The van der Waals surface area contributed by atoms with Crippen LogP contribution in [0.25, 0.3) is 0 Å². The molecule has 0 bridgehead atoms. The van der Waals surface area contributed by atoms with Crippen molar-refractivity contribution in [3.63, 3.8) is 0 Å². The fraction of sp³-hybridized carbons (Fsp3) is 0.667. The van der Waals surface area contributed by atoms with Crippen molar-refractivity contribution < 1.29 is 8.42 Å². The summed E-state index contributed by atoms with van der Waals surface area (Å²) < 4.78 is 27.0. The zero-order chi connectivity index (χ0) is 13.3. The maximum Gasteiger partial charge on any atom is 0.244 e. The second-order valence-corrected chi connectivity index (χ2v) is 7.62. The van der Waals surface area contributed by atoms with Crippen molar-refractivity contribution in [2.75, 3.05) is 0 Å². The molecule has 4 nitrogen and oxygen atoms in total. The van der Waals surface area contributed by atoms with Crippen LogP contribution in [0.15, 0.2) is 16.3 Å². The Balaban J connectivity index is 2.35. The van der Waals surface area contributed by atoms with E-state index in [2.05, 4.69) is 0 Å². The number of rotatable bonds is 4. The van der Waals surface area contributed by atoms with Gasteiger partial charge in [-0.3, -0.25) is 0 Å². The maximum atomic E-state index is 12.6. The third kappa shape index (κ3) is 2.34. The van der Waals surface area contributed by atoms with Crippen LogP contribution < -0.4 is 5.73 Å². The number of hydrogen-bond acceptors (Lipinski definition) is 4. The minimum atomic E-state index is -3.35. The van der Waals surface area contributed by atoms with Crippen LogP contribution in [0.3, 0.4) is 0 Å². The van der Waals surface area contributed by atoms with Gasteiger partial charge < -0.3 is 5.73 Å². The monoisotopic (exact) mass is 288 g/mol. The molecule has 0 amide bonds. The smallest absolute Gasteiger partial charge is 0.244 e. The van der Waals surface area contributed by atoms with Crippen molar-refractivity contribution in [1.82, 2.24) is 4.31 Å². The topological polar surface area (TPSA) is 63.4 Å². The van der Waals surface area contributed by atoms with Crippen LogP contribution in [0, 0.1) is 0 Å². The molecule has 1 fully saturated rings. The van der Waals surface area contributed by atoms with Gasteiger partial charge in [0.2, 0.25) is 10.0 Å². The van der Waals surface area contributed by atoms with E-state index in [4.69, 9.17) is 5.73 Å². The van der Waals surface area contributed by atoms with Gasteiger partial charge in [-0.2, -0.15) is 4.31 Å². The second-order valence-electron chi connectivity index (χ2n) is 4.78. The molecule has 0 radical (unpaired) electrons. The third-order valence-corrected chi connectivity index (χ3v) is 6.74. The number of hydrogen-bond donors (Lipinski definition) is 1. The van der Waals surface area contributed by atoms with Crippen LogP contribution in [0.4, 0.5) is 0 Å². The van der Waals surface area contributed by atoms with E-state index in [-0.39, 0.29) is 12.1 Å². The van der Waals surface area contributed by atoms with Gasteiger partial charge in [0.15, 0.2) is 0 Å². The molecule has 0 spiro atoms. The molecule has 18 heavy (non-hydrogen) atoms. The highest BCUT2D eigenvalue weighted by molar-refractivity contribution is 7.89. The molecule has 1 aromatic heterocycles. The highest BCUT2D eigenvalue weighted by Gasteiger charge is 2.39. The fourth-order valence-electron chi connectivity index (χ4n) is 2.59. The van der Waals surface area contributed by atoms with E-state index in [0.717, 1.165) is 24.1 Å². The highest BCUT2D eigenvalue weighted by Crippen LogP contribution is 2.33. The number of nitrogens with zero attached hydrogens (tertiary/aromatic N) is 1. The van der Waals surface area contributed by atoms with Gasteiger partial charge in [-0.25, -0.2) is 8.42 Å². The van der Waals surface area contributed by atoms with E-state index < -0.39 is 10.0 Å². The zero-order valence-corrected chi connectivity index (χ0v) is 12.4. The van der Waals surface area contributed by atoms with Gasteiger partial charge in [0.1, 0.15) is 0 Å². The van der Waals surface area contributed by atoms with Gasteiger partial charge >= 0.3 is 0 Å². The first-order chi connectivity index (χ1) is 8.50. The molecule has 2 unspecified atom stereocenters. The van der Waals surface area contributed by atoms with E-state index >= 15 is 0 Å². The summed E-state index contributed by atoms with van der Waals surface area (Å²) >= 11 is 1.41. The molecule has 1 aromatic rings.